The van der Waals surface area contributed by atoms with Crippen LogP contribution in [-0.4, -0.2) is 84.0 Å². The van der Waals surface area contributed by atoms with Gasteiger partial charge in [0.15, 0.2) is 5.78 Å². The Morgan fingerprint density at radius 3 is 2.23 bits per heavy atom. The molecular formula is C47H73N3O6. The number of fused-ring (bicyclic) bond motifs is 7. The zero-order valence-corrected chi connectivity index (χ0v) is 36.3. The van der Waals surface area contributed by atoms with Crippen molar-refractivity contribution in [1.82, 2.24) is 15.1 Å². The van der Waals surface area contributed by atoms with Crippen molar-refractivity contribution in [2.24, 2.45) is 56.7 Å². The Morgan fingerprint density at radius 1 is 0.821 bits per heavy atom. The molecule has 0 aromatic carbocycles. The van der Waals surface area contributed by atoms with Gasteiger partial charge >= 0.3 is 12.0 Å². The number of allylic oxidation sites excluding steroid dienone is 1. The van der Waals surface area contributed by atoms with Gasteiger partial charge in [-0.2, -0.15) is 0 Å². The van der Waals surface area contributed by atoms with Crippen molar-refractivity contribution in [2.75, 3.05) is 26.2 Å². The molecule has 9 nitrogen and oxygen atoms in total. The first-order valence-electron chi connectivity index (χ1n) is 22.7. The molecule has 0 aromatic heterocycles. The van der Waals surface area contributed by atoms with E-state index in [1.165, 1.54) is 18.4 Å². The lowest BCUT2D eigenvalue weighted by Gasteiger charge is -2.72. The SMILES string of the molecule is CC(C)C1=C2[C@H]3CC[C@@H]4[C@@]5(C)CC[C@H](OC(=O)[C@H]6C[C@@H](OC=O)C6(C)C)C(C)(C)[C@@H]5CC[C@@]4(C)[C@]3(C)CC[C@@]2(NC(=O)N2CCC[C@H]2CN2CCCC2)CC1=O. The van der Waals surface area contributed by atoms with Gasteiger partial charge in [-0.05, 0) is 148 Å². The van der Waals surface area contributed by atoms with Crippen LogP contribution >= 0.6 is 0 Å². The Kier molecular flexibility index (Phi) is 9.97. The molecule has 2 amide bonds. The molecule has 1 N–H and O–H groups in total. The van der Waals surface area contributed by atoms with Gasteiger partial charge in [-0.15, -0.1) is 0 Å². The molecule has 8 rings (SSSR count). The summed E-state index contributed by atoms with van der Waals surface area (Å²) < 4.78 is 11.8. The smallest absolute Gasteiger partial charge is 0.318 e. The van der Waals surface area contributed by atoms with E-state index in [9.17, 15) is 19.2 Å². The van der Waals surface area contributed by atoms with Gasteiger partial charge in [-0.1, -0.05) is 62.3 Å². The maximum Gasteiger partial charge on any atom is 0.318 e. The van der Waals surface area contributed by atoms with Crippen LogP contribution in [0.25, 0.3) is 0 Å². The van der Waals surface area contributed by atoms with Crippen molar-refractivity contribution in [1.29, 1.82) is 0 Å². The number of ketones is 1. The summed E-state index contributed by atoms with van der Waals surface area (Å²) in [6.07, 6.45) is 13.3. The number of rotatable bonds is 8. The van der Waals surface area contributed by atoms with E-state index in [1.807, 2.05) is 13.8 Å². The Bertz CT molecular complexity index is 1650. The second-order valence-corrected chi connectivity index (χ2v) is 22.3. The molecule has 2 aliphatic heterocycles. The van der Waals surface area contributed by atoms with Crippen LogP contribution in [0.3, 0.4) is 0 Å². The third-order valence-corrected chi connectivity index (χ3v) is 19.0. The molecule has 5 saturated carbocycles. The molecule has 0 bridgehead atoms. The Balaban J connectivity index is 1.03. The Morgan fingerprint density at radius 2 is 1.55 bits per heavy atom. The van der Waals surface area contributed by atoms with Crippen LogP contribution in [0.1, 0.15) is 152 Å². The van der Waals surface area contributed by atoms with Crippen LogP contribution in [0.15, 0.2) is 11.1 Å². The topological polar surface area (TPSA) is 105 Å². The normalized spacial score (nSPS) is 44.0. The number of nitrogens with zero attached hydrogens (tertiary/aromatic N) is 2. The number of ether oxygens (including phenoxy) is 2. The number of carbonyl (C=O) groups excluding carboxylic acids is 4. The third-order valence-electron chi connectivity index (χ3n) is 19.0. The molecule has 0 spiro atoms. The van der Waals surface area contributed by atoms with Crippen LogP contribution in [0, 0.1) is 56.7 Å². The molecule has 2 saturated heterocycles. The van der Waals surface area contributed by atoms with Crippen molar-refractivity contribution in [3.05, 3.63) is 11.1 Å². The first-order valence-corrected chi connectivity index (χ1v) is 22.7. The van der Waals surface area contributed by atoms with Crippen molar-refractivity contribution in [3.8, 4) is 0 Å². The first-order chi connectivity index (χ1) is 26.3. The third kappa shape index (κ3) is 5.82. The number of hydrogen-bond donors (Lipinski definition) is 1. The molecule has 0 unspecified atom stereocenters. The minimum absolute atomic E-state index is 0.00748. The van der Waals surface area contributed by atoms with Gasteiger partial charge in [0.25, 0.3) is 6.47 Å². The maximum absolute atomic E-state index is 14.4. The highest BCUT2D eigenvalue weighted by atomic mass is 16.6. The molecular weight excluding hydrogens is 703 g/mol. The molecule has 7 fully saturated rings. The second kappa shape index (κ2) is 13.8. The van der Waals surface area contributed by atoms with E-state index >= 15 is 0 Å². The highest BCUT2D eigenvalue weighted by Crippen LogP contribution is 2.76. The van der Waals surface area contributed by atoms with Crippen LogP contribution in [0.5, 0.6) is 0 Å². The van der Waals surface area contributed by atoms with Gasteiger partial charge in [-0.3, -0.25) is 14.4 Å². The number of amides is 2. The first kappa shape index (κ1) is 40.4. The van der Waals surface area contributed by atoms with E-state index < -0.39 is 11.0 Å². The summed E-state index contributed by atoms with van der Waals surface area (Å²) in [4.78, 5) is 58.0. The summed E-state index contributed by atoms with van der Waals surface area (Å²) in [5.74, 6) is 1.20. The average Bonchev–Trinajstić information content (AvgIpc) is 3.88. The minimum atomic E-state index is -0.582. The predicted molar refractivity (Wildman–Crippen MR) is 216 cm³/mol. The summed E-state index contributed by atoms with van der Waals surface area (Å²) in [6, 6.07) is 0.300. The fourth-order valence-electron chi connectivity index (χ4n) is 15.6. The van der Waals surface area contributed by atoms with E-state index in [4.69, 9.17) is 9.47 Å². The highest BCUT2D eigenvalue weighted by molar-refractivity contribution is 6.02. The number of hydrogen-bond acceptors (Lipinski definition) is 7. The molecule has 0 radical (unpaired) electrons. The lowest BCUT2D eigenvalue weighted by atomic mass is 9.33. The Hall–Kier alpha value is -2.42. The number of urea groups is 1. The van der Waals surface area contributed by atoms with Gasteiger partial charge < -0.3 is 24.6 Å². The van der Waals surface area contributed by atoms with Crippen molar-refractivity contribution in [2.45, 2.75) is 176 Å². The largest absolute Gasteiger partial charge is 0.464 e. The molecule has 0 aromatic rings. The molecule has 56 heavy (non-hydrogen) atoms. The van der Waals surface area contributed by atoms with Crippen LogP contribution < -0.4 is 5.32 Å². The van der Waals surface area contributed by atoms with Crippen LogP contribution in [-0.2, 0) is 23.9 Å². The summed E-state index contributed by atoms with van der Waals surface area (Å²) in [5.41, 5.74) is 1.33. The van der Waals surface area contributed by atoms with E-state index in [1.54, 1.807) is 0 Å². The number of nitrogens with one attached hydrogen (secondary N) is 1. The summed E-state index contributed by atoms with van der Waals surface area (Å²) in [7, 11) is 0. The van der Waals surface area contributed by atoms with Gasteiger partial charge in [0.1, 0.15) is 12.2 Å². The number of Topliss-reactive ketones (excluding diaryl/α,β-unsaturated/α-hetero) is 1. The van der Waals surface area contributed by atoms with Crippen molar-refractivity contribution >= 4 is 24.3 Å². The maximum atomic E-state index is 14.4. The fraction of sp³-hybridized carbons (Fsp3) is 0.872. The van der Waals surface area contributed by atoms with E-state index in [-0.39, 0.29) is 75.4 Å². The zero-order chi connectivity index (χ0) is 40.2. The Labute approximate surface area is 337 Å². The standard InChI is InChI=1S/C47H73N3O6/c1-29(2)38-33(52)26-47(48-41(54)50-24-12-13-30(50)27-49-22-10-11-23-49)21-20-45(8)31(39(38)47)14-15-35-44(7)18-17-36(43(5,6)34(44)16-19-46(35,45)9)56-40(53)32-25-37(55-28-51)42(32,3)4/h28-32,34-37H,10-27H2,1-9H3,(H,48,54)/t30-,31+,32+,34-,35+,36-,37+,44-,45+,46+,47+/m0/s1. The zero-order valence-electron chi connectivity index (χ0n) is 36.3. The number of carbonyl (C=O) groups is 4. The highest BCUT2D eigenvalue weighted by Gasteiger charge is 2.70. The van der Waals surface area contributed by atoms with E-state index in [0.717, 1.165) is 96.0 Å². The van der Waals surface area contributed by atoms with Crippen LogP contribution in [0.4, 0.5) is 4.79 Å². The number of likely N-dealkylation sites (tertiary alicyclic amines) is 2. The fourth-order valence-corrected chi connectivity index (χ4v) is 15.6. The lowest BCUT2D eigenvalue weighted by Crippen LogP contribution is -2.68. The lowest BCUT2D eigenvalue weighted by molar-refractivity contribution is -0.236. The van der Waals surface area contributed by atoms with Crippen molar-refractivity contribution in [3.63, 3.8) is 0 Å². The summed E-state index contributed by atoms with van der Waals surface area (Å²) in [6.45, 7) is 25.4. The van der Waals surface area contributed by atoms with E-state index in [0.29, 0.717) is 31.1 Å². The average molecular weight is 776 g/mol. The summed E-state index contributed by atoms with van der Waals surface area (Å²) in [5, 5.41) is 3.68. The summed E-state index contributed by atoms with van der Waals surface area (Å²) >= 11 is 0. The predicted octanol–water partition coefficient (Wildman–Crippen LogP) is 8.49. The quantitative estimate of drug-likeness (QED) is 0.195. The molecule has 2 heterocycles. The van der Waals surface area contributed by atoms with Crippen LogP contribution in [0.2, 0.25) is 0 Å². The molecule has 8 aliphatic rings. The molecule has 312 valence electrons. The van der Waals surface area contributed by atoms with E-state index in [2.05, 4.69) is 63.6 Å². The molecule has 11 atom stereocenters. The van der Waals surface area contributed by atoms with Gasteiger partial charge in [0.05, 0.1) is 11.5 Å². The monoisotopic (exact) mass is 776 g/mol. The van der Waals surface area contributed by atoms with Crippen molar-refractivity contribution < 1.29 is 28.7 Å². The second-order valence-electron chi connectivity index (χ2n) is 22.3. The molecule has 6 aliphatic carbocycles. The minimum Gasteiger partial charge on any atom is -0.464 e. The van der Waals surface area contributed by atoms with Gasteiger partial charge in [0.2, 0.25) is 0 Å². The van der Waals surface area contributed by atoms with Gasteiger partial charge in [0, 0.05) is 36.4 Å². The molecule has 9 heteroatoms. The van der Waals surface area contributed by atoms with Gasteiger partial charge in [-0.25, -0.2) is 4.79 Å². The number of esters is 1.